The molecule has 2 rings (SSSR count). The van der Waals surface area contributed by atoms with E-state index in [4.69, 9.17) is 9.15 Å². The zero-order valence-corrected chi connectivity index (χ0v) is 11.4. The summed E-state index contributed by atoms with van der Waals surface area (Å²) in [5, 5.41) is 4.14. The average Bonchev–Trinajstić information content (AvgIpc) is 2.83. The minimum absolute atomic E-state index is 0.0587. The van der Waals surface area contributed by atoms with Gasteiger partial charge in [-0.2, -0.15) is 0 Å². The molecule has 0 spiro atoms. The Morgan fingerprint density at radius 3 is 2.89 bits per heavy atom. The van der Waals surface area contributed by atoms with Crippen molar-refractivity contribution in [2.75, 3.05) is 19.8 Å². The summed E-state index contributed by atoms with van der Waals surface area (Å²) >= 11 is 0. The van der Waals surface area contributed by atoms with E-state index >= 15 is 0 Å². The molecule has 4 heteroatoms. The second kappa shape index (κ2) is 6.68. The van der Waals surface area contributed by atoms with Crippen LogP contribution in [-0.4, -0.2) is 19.8 Å². The molecule has 104 valence electrons. The fourth-order valence-electron chi connectivity index (χ4n) is 2.16. The van der Waals surface area contributed by atoms with Gasteiger partial charge in [0.05, 0.1) is 6.04 Å². The highest BCUT2D eigenvalue weighted by molar-refractivity contribution is 5.78. The van der Waals surface area contributed by atoms with E-state index in [2.05, 4.69) is 5.32 Å². The maximum absolute atomic E-state index is 13.6. The van der Waals surface area contributed by atoms with Crippen LogP contribution in [0, 0.1) is 5.82 Å². The van der Waals surface area contributed by atoms with E-state index in [0.29, 0.717) is 18.8 Å². The standard InChI is InChI=1S/C15H20FNO2/c1-3-17-13(8-9-18-4-2)14-10-11-6-5-7-12(16)15(11)19-14/h5-7,10,13,17H,3-4,8-9H2,1-2H3. The lowest BCUT2D eigenvalue weighted by Crippen LogP contribution is -2.21. The summed E-state index contributed by atoms with van der Waals surface area (Å²) in [4.78, 5) is 0. The summed E-state index contributed by atoms with van der Waals surface area (Å²) in [6.45, 7) is 6.20. The first-order valence-electron chi connectivity index (χ1n) is 6.75. The van der Waals surface area contributed by atoms with Crippen LogP contribution in [0.2, 0.25) is 0 Å². The van der Waals surface area contributed by atoms with Crippen LogP contribution in [0.1, 0.15) is 32.1 Å². The molecule has 0 saturated carbocycles. The molecule has 1 aromatic heterocycles. The van der Waals surface area contributed by atoms with Crippen molar-refractivity contribution < 1.29 is 13.5 Å². The molecule has 1 N–H and O–H groups in total. The molecule has 0 amide bonds. The van der Waals surface area contributed by atoms with Crippen molar-refractivity contribution in [3.63, 3.8) is 0 Å². The highest BCUT2D eigenvalue weighted by Gasteiger charge is 2.16. The van der Waals surface area contributed by atoms with Crippen molar-refractivity contribution in [2.24, 2.45) is 0 Å². The Morgan fingerprint density at radius 2 is 2.21 bits per heavy atom. The van der Waals surface area contributed by atoms with Gasteiger partial charge in [-0.25, -0.2) is 4.39 Å². The number of furan rings is 1. The van der Waals surface area contributed by atoms with E-state index in [0.717, 1.165) is 24.1 Å². The van der Waals surface area contributed by atoms with Crippen molar-refractivity contribution in [1.82, 2.24) is 5.32 Å². The largest absolute Gasteiger partial charge is 0.456 e. The number of benzene rings is 1. The van der Waals surface area contributed by atoms with E-state index in [1.165, 1.54) is 6.07 Å². The zero-order valence-electron chi connectivity index (χ0n) is 11.4. The molecule has 1 aromatic carbocycles. The highest BCUT2D eigenvalue weighted by Crippen LogP contribution is 2.27. The number of para-hydroxylation sites is 1. The average molecular weight is 265 g/mol. The van der Waals surface area contributed by atoms with Crippen molar-refractivity contribution in [3.05, 3.63) is 35.8 Å². The van der Waals surface area contributed by atoms with Crippen LogP contribution < -0.4 is 5.32 Å². The minimum atomic E-state index is -0.316. The topological polar surface area (TPSA) is 34.4 Å². The fourth-order valence-corrected chi connectivity index (χ4v) is 2.16. The number of hydrogen-bond donors (Lipinski definition) is 1. The molecule has 0 aliphatic heterocycles. The maximum atomic E-state index is 13.6. The van der Waals surface area contributed by atoms with E-state index in [-0.39, 0.29) is 11.9 Å². The van der Waals surface area contributed by atoms with E-state index in [1.54, 1.807) is 6.07 Å². The lowest BCUT2D eigenvalue weighted by atomic mass is 10.1. The van der Waals surface area contributed by atoms with Crippen LogP contribution in [0.15, 0.2) is 28.7 Å². The molecule has 1 unspecified atom stereocenters. The molecular formula is C15H20FNO2. The third kappa shape index (κ3) is 3.33. The van der Waals surface area contributed by atoms with Crippen LogP contribution in [-0.2, 0) is 4.74 Å². The SMILES string of the molecule is CCNC(CCOCC)c1cc2cccc(F)c2o1. The van der Waals surface area contributed by atoms with E-state index in [1.807, 2.05) is 26.0 Å². The molecule has 0 saturated heterocycles. The Labute approximate surface area is 112 Å². The predicted molar refractivity (Wildman–Crippen MR) is 73.7 cm³/mol. The van der Waals surface area contributed by atoms with E-state index in [9.17, 15) is 4.39 Å². The van der Waals surface area contributed by atoms with E-state index < -0.39 is 0 Å². The first kappa shape index (κ1) is 14.0. The van der Waals surface area contributed by atoms with Crippen molar-refractivity contribution in [2.45, 2.75) is 26.3 Å². The molecule has 2 aromatic rings. The molecule has 1 atom stereocenters. The number of fused-ring (bicyclic) bond motifs is 1. The summed E-state index contributed by atoms with van der Waals surface area (Å²) in [6.07, 6.45) is 0.809. The molecule has 0 aliphatic carbocycles. The van der Waals surface area contributed by atoms with Gasteiger partial charge in [-0.3, -0.25) is 0 Å². The van der Waals surface area contributed by atoms with Gasteiger partial charge in [0.15, 0.2) is 11.4 Å². The summed E-state index contributed by atoms with van der Waals surface area (Å²) < 4.78 is 24.6. The van der Waals surface area contributed by atoms with Gasteiger partial charge in [-0.15, -0.1) is 0 Å². The lowest BCUT2D eigenvalue weighted by molar-refractivity contribution is 0.134. The molecular weight excluding hydrogens is 245 g/mol. The molecule has 19 heavy (non-hydrogen) atoms. The van der Waals surface area contributed by atoms with Crippen LogP contribution in [0.3, 0.4) is 0 Å². The minimum Gasteiger partial charge on any atom is -0.456 e. The van der Waals surface area contributed by atoms with Gasteiger partial charge in [0.25, 0.3) is 0 Å². The lowest BCUT2D eigenvalue weighted by Gasteiger charge is -2.15. The van der Waals surface area contributed by atoms with Gasteiger partial charge in [-0.05, 0) is 32.0 Å². The van der Waals surface area contributed by atoms with Crippen LogP contribution >= 0.6 is 0 Å². The zero-order chi connectivity index (χ0) is 13.7. The summed E-state index contributed by atoms with van der Waals surface area (Å²) in [5.41, 5.74) is 0.330. The van der Waals surface area contributed by atoms with Crippen molar-refractivity contribution in [1.29, 1.82) is 0 Å². The first-order valence-corrected chi connectivity index (χ1v) is 6.75. The van der Waals surface area contributed by atoms with Gasteiger partial charge in [0.1, 0.15) is 5.76 Å². The normalized spacial score (nSPS) is 13.0. The number of nitrogens with one attached hydrogen (secondary N) is 1. The number of ether oxygens (including phenoxy) is 1. The predicted octanol–water partition coefficient (Wildman–Crippen LogP) is 3.65. The number of hydrogen-bond acceptors (Lipinski definition) is 3. The van der Waals surface area contributed by atoms with Gasteiger partial charge < -0.3 is 14.5 Å². The van der Waals surface area contributed by atoms with Crippen LogP contribution in [0.4, 0.5) is 4.39 Å². The summed E-state index contributed by atoms with van der Waals surface area (Å²) in [7, 11) is 0. The highest BCUT2D eigenvalue weighted by atomic mass is 19.1. The van der Waals surface area contributed by atoms with Crippen molar-refractivity contribution in [3.8, 4) is 0 Å². The number of halogens is 1. The molecule has 1 heterocycles. The third-order valence-corrected chi connectivity index (χ3v) is 3.06. The molecule has 0 bridgehead atoms. The van der Waals surface area contributed by atoms with Gasteiger partial charge >= 0.3 is 0 Å². The molecule has 0 aliphatic rings. The first-order chi connectivity index (χ1) is 9.26. The Hall–Kier alpha value is -1.39. The Balaban J connectivity index is 2.20. The Kier molecular flexibility index (Phi) is 4.93. The fraction of sp³-hybridized carbons (Fsp3) is 0.467. The Bertz CT molecular complexity index is 524. The smallest absolute Gasteiger partial charge is 0.169 e. The Morgan fingerprint density at radius 1 is 1.37 bits per heavy atom. The van der Waals surface area contributed by atoms with Crippen LogP contribution in [0.25, 0.3) is 11.0 Å². The molecule has 3 nitrogen and oxygen atoms in total. The van der Waals surface area contributed by atoms with Gasteiger partial charge in [0.2, 0.25) is 0 Å². The second-order valence-electron chi connectivity index (χ2n) is 4.40. The van der Waals surface area contributed by atoms with Gasteiger partial charge in [0, 0.05) is 18.6 Å². The summed E-state index contributed by atoms with van der Waals surface area (Å²) in [5.74, 6) is 0.449. The van der Waals surface area contributed by atoms with Gasteiger partial charge in [-0.1, -0.05) is 19.1 Å². The molecule has 0 fully saturated rings. The maximum Gasteiger partial charge on any atom is 0.169 e. The second-order valence-corrected chi connectivity index (χ2v) is 4.40. The monoisotopic (exact) mass is 265 g/mol. The molecule has 0 radical (unpaired) electrons. The van der Waals surface area contributed by atoms with Crippen LogP contribution in [0.5, 0.6) is 0 Å². The summed E-state index contributed by atoms with van der Waals surface area (Å²) in [6, 6.07) is 6.93. The quantitative estimate of drug-likeness (QED) is 0.776. The van der Waals surface area contributed by atoms with Crippen molar-refractivity contribution >= 4 is 11.0 Å². The third-order valence-electron chi connectivity index (χ3n) is 3.06. The number of rotatable bonds is 7.